The van der Waals surface area contributed by atoms with Crippen LogP contribution in [0.15, 0.2) is 48.0 Å². The highest BCUT2D eigenvalue weighted by molar-refractivity contribution is 6.31. The fraction of sp³-hybridized carbons (Fsp3) is 0.118. The Labute approximate surface area is 126 Å². The van der Waals surface area contributed by atoms with Gasteiger partial charge in [-0.1, -0.05) is 23.7 Å². The summed E-state index contributed by atoms with van der Waals surface area (Å²) in [5.41, 5.74) is 1.88. The third-order valence-electron chi connectivity index (χ3n) is 3.32. The zero-order chi connectivity index (χ0) is 14.8. The molecule has 1 aliphatic rings. The number of hydrogen-bond donors (Lipinski definition) is 0. The van der Waals surface area contributed by atoms with Gasteiger partial charge in [-0.25, -0.2) is 4.39 Å². The Bertz CT molecular complexity index is 720. The molecule has 2 aromatic carbocycles. The third kappa shape index (κ3) is 2.98. The van der Waals surface area contributed by atoms with Gasteiger partial charge in [0.15, 0.2) is 5.78 Å². The molecule has 106 valence electrons. The summed E-state index contributed by atoms with van der Waals surface area (Å²) >= 11 is 5.95. The SMILES string of the molecule is O=C1/C(=C\c2ccc(F)cc2)CCOc2ccc(Cl)cc21. The first kappa shape index (κ1) is 13.8. The Kier molecular flexibility index (Phi) is 3.76. The molecule has 4 heteroatoms. The van der Waals surface area contributed by atoms with Gasteiger partial charge < -0.3 is 4.74 Å². The first-order valence-corrected chi connectivity index (χ1v) is 6.94. The minimum Gasteiger partial charge on any atom is -0.492 e. The van der Waals surface area contributed by atoms with Crippen molar-refractivity contribution in [3.8, 4) is 5.75 Å². The predicted molar refractivity (Wildman–Crippen MR) is 80.3 cm³/mol. The van der Waals surface area contributed by atoms with Gasteiger partial charge in [-0.15, -0.1) is 0 Å². The number of benzene rings is 2. The lowest BCUT2D eigenvalue weighted by molar-refractivity contribution is 0.103. The number of ketones is 1. The van der Waals surface area contributed by atoms with E-state index in [9.17, 15) is 9.18 Å². The number of carbonyl (C=O) groups is 1. The average molecular weight is 303 g/mol. The van der Waals surface area contributed by atoms with Crippen LogP contribution in [0.3, 0.4) is 0 Å². The molecule has 0 fully saturated rings. The van der Waals surface area contributed by atoms with Crippen molar-refractivity contribution in [3.05, 3.63) is 70.0 Å². The van der Waals surface area contributed by atoms with Gasteiger partial charge in [0.05, 0.1) is 12.2 Å². The van der Waals surface area contributed by atoms with Gasteiger partial charge in [0.2, 0.25) is 0 Å². The lowest BCUT2D eigenvalue weighted by Gasteiger charge is -2.05. The monoisotopic (exact) mass is 302 g/mol. The Morgan fingerprint density at radius 3 is 2.67 bits per heavy atom. The molecule has 0 bridgehead atoms. The smallest absolute Gasteiger partial charge is 0.192 e. The number of hydrogen-bond acceptors (Lipinski definition) is 2. The van der Waals surface area contributed by atoms with Crippen LogP contribution in [-0.2, 0) is 0 Å². The predicted octanol–water partition coefficient (Wildman–Crippen LogP) is 4.53. The molecule has 0 unspecified atom stereocenters. The Balaban J connectivity index is 2.00. The molecule has 0 amide bonds. The van der Waals surface area contributed by atoms with E-state index >= 15 is 0 Å². The second-order valence-corrected chi connectivity index (χ2v) is 5.23. The van der Waals surface area contributed by atoms with Crippen LogP contribution in [0.1, 0.15) is 22.3 Å². The Morgan fingerprint density at radius 1 is 1.14 bits per heavy atom. The number of rotatable bonds is 1. The van der Waals surface area contributed by atoms with Crippen LogP contribution in [-0.4, -0.2) is 12.4 Å². The number of ether oxygens (including phenoxy) is 1. The minimum atomic E-state index is -0.301. The number of halogens is 2. The summed E-state index contributed by atoms with van der Waals surface area (Å²) in [7, 11) is 0. The van der Waals surface area contributed by atoms with E-state index in [-0.39, 0.29) is 11.6 Å². The standard InChI is InChI=1S/C17H12ClFO2/c18-13-3-6-16-15(10-13)17(20)12(7-8-21-16)9-11-1-4-14(19)5-2-11/h1-6,9-10H,7-8H2/b12-9-. The molecule has 0 aliphatic carbocycles. The highest BCUT2D eigenvalue weighted by atomic mass is 35.5. The zero-order valence-corrected chi connectivity index (χ0v) is 11.9. The summed E-state index contributed by atoms with van der Waals surface area (Å²) in [5, 5.41) is 0.494. The molecule has 1 aliphatic heterocycles. The summed E-state index contributed by atoms with van der Waals surface area (Å²) in [6.45, 7) is 0.424. The molecule has 0 saturated carbocycles. The van der Waals surface area contributed by atoms with Crippen molar-refractivity contribution in [2.45, 2.75) is 6.42 Å². The number of Topliss-reactive ketones (excluding diaryl/α,β-unsaturated/α-hetero) is 1. The Morgan fingerprint density at radius 2 is 1.90 bits per heavy atom. The van der Waals surface area contributed by atoms with Crippen molar-refractivity contribution < 1.29 is 13.9 Å². The second-order valence-electron chi connectivity index (χ2n) is 4.79. The van der Waals surface area contributed by atoms with Gasteiger partial charge in [-0.2, -0.15) is 0 Å². The third-order valence-corrected chi connectivity index (χ3v) is 3.55. The molecule has 0 aromatic heterocycles. The van der Waals surface area contributed by atoms with Crippen molar-refractivity contribution in [3.63, 3.8) is 0 Å². The summed E-state index contributed by atoms with van der Waals surface area (Å²) < 4.78 is 18.5. The molecule has 1 heterocycles. The van der Waals surface area contributed by atoms with Crippen molar-refractivity contribution >= 4 is 23.5 Å². The number of carbonyl (C=O) groups excluding carboxylic acids is 1. The van der Waals surface area contributed by atoms with Crippen molar-refractivity contribution in [2.75, 3.05) is 6.61 Å². The van der Waals surface area contributed by atoms with Gasteiger partial charge in [-0.05, 0) is 42.0 Å². The first-order chi connectivity index (χ1) is 10.1. The number of fused-ring (bicyclic) bond motifs is 1. The lowest BCUT2D eigenvalue weighted by atomic mass is 9.99. The van der Waals surface area contributed by atoms with E-state index in [0.717, 1.165) is 5.56 Å². The second kappa shape index (κ2) is 5.70. The topological polar surface area (TPSA) is 26.3 Å². The first-order valence-electron chi connectivity index (χ1n) is 6.57. The fourth-order valence-corrected chi connectivity index (χ4v) is 2.43. The maximum Gasteiger partial charge on any atom is 0.192 e. The van der Waals surface area contributed by atoms with Crippen LogP contribution >= 0.6 is 11.6 Å². The van der Waals surface area contributed by atoms with Gasteiger partial charge in [-0.3, -0.25) is 4.79 Å². The largest absolute Gasteiger partial charge is 0.492 e. The average Bonchev–Trinajstić information content (AvgIpc) is 2.62. The molecule has 2 aromatic rings. The fourth-order valence-electron chi connectivity index (χ4n) is 2.26. The molecule has 21 heavy (non-hydrogen) atoms. The van der Waals surface area contributed by atoms with Crippen LogP contribution in [0.4, 0.5) is 4.39 Å². The van der Waals surface area contributed by atoms with Crippen molar-refractivity contribution in [2.24, 2.45) is 0 Å². The molecular formula is C17H12ClFO2. The normalized spacial score (nSPS) is 16.3. The van der Waals surface area contributed by atoms with Crippen LogP contribution in [0, 0.1) is 5.82 Å². The van der Waals surface area contributed by atoms with Gasteiger partial charge >= 0.3 is 0 Å². The van der Waals surface area contributed by atoms with Crippen LogP contribution < -0.4 is 4.74 Å². The Hall–Kier alpha value is -2.13. The molecule has 0 atom stereocenters. The highest BCUT2D eigenvalue weighted by Gasteiger charge is 2.21. The maximum atomic E-state index is 12.9. The lowest BCUT2D eigenvalue weighted by Crippen LogP contribution is -2.02. The van der Waals surface area contributed by atoms with Crippen LogP contribution in [0.2, 0.25) is 5.02 Å². The molecule has 0 radical (unpaired) electrons. The van der Waals surface area contributed by atoms with E-state index in [1.165, 1.54) is 12.1 Å². The molecule has 2 nitrogen and oxygen atoms in total. The van der Waals surface area contributed by atoms with Gasteiger partial charge in [0, 0.05) is 17.0 Å². The zero-order valence-electron chi connectivity index (χ0n) is 11.1. The van der Waals surface area contributed by atoms with E-state index in [4.69, 9.17) is 16.3 Å². The molecular weight excluding hydrogens is 291 g/mol. The summed E-state index contributed by atoms with van der Waals surface area (Å²) in [6.07, 6.45) is 2.27. The van der Waals surface area contributed by atoms with Gasteiger partial charge in [0.1, 0.15) is 11.6 Å². The van der Waals surface area contributed by atoms with Crippen molar-refractivity contribution in [1.82, 2.24) is 0 Å². The van der Waals surface area contributed by atoms with Crippen LogP contribution in [0.5, 0.6) is 5.75 Å². The maximum absolute atomic E-state index is 12.9. The van der Waals surface area contributed by atoms with E-state index in [0.29, 0.717) is 34.9 Å². The minimum absolute atomic E-state index is 0.102. The summed E-state index contributed by atoms with van der Waals surface area (Å²) in [5.74, 6) is 0.144. The van der Waals surface area contributed by atoms with E-state index in [2.05, 4.69) is 0 Å². The van der Waals surface area contributed by atoms with E-state index < -0.39 is 0 Å². The van der Waals surface area contributed by atoms with Gasteiger partial charge in [0.25, 0.3) is 0 Å². The summed E-state index contributed by atoms with van der Waals surface area (Å²) in [4.78, 5) is 12.6. The van der Waals surface area contributed by atoms with E-state index in [1.807, 2.05) is 0 Å². The van der Waals surface area contributed by atoms with E-state index in [1.54, 1.807) is 36.4 Å². The van der Waals surface area contributed by atoms with Crippen molar-refractivity contribution in [1.29, 1.82) is 0 Å². The highest BCUT2D eigenvalue weighted by Crippen LogP contribution is 2.30. The quantitative estimate of drug-likeness (QED) is 0.724. The molecule has 0 spiro atoms. The molecule has 0 saturated heterocycles. The molecule has 3 rings (SSSR count). The molecule has 0 N–H and O–H groups in total. The summed E-state index contributed by atoms with van der Waals surface area (Å²) in [6, 6.07) is 11.0. The van der Waals surface area contributed by atoms with Crippen LogP contribution in [0.25, 0.3) is 6.08 Å².